The number of rotatable bonds is 5. The van der Waals surface area contributed by atoms with Gasteiger partial charge in [-0.3, -0.25) is 9.78 Å². The van der Waals surface area contributed by atoms with Crippen LogP contribution in [0.5, 0.6) is 0 Å². The summed E-state index contributed by atoms with van der Waals surface area (Å²) in [7, 11) is 0. The molecule has 3 aromatic rings. The van der Waals surface area contributed by atoms with Gasteiger partial charge >= 0.3 is 0 Å². The zero-order valence-corrected chi connectivity index (χ0v) is 14.1. The Kier molecular flexibility index (Phi) is 5.22. The largest absolute Gasteiger partial charge is 0.381 e. The van der Waals surface area contributed by atoms with Crippen LogP contribution in [0.3, 0.4) is 0 Å². The fraction of sp³-hybridized carbons (Fsp3) is 0.100. The van der Waals surface area contributed by atoms with Crippen LogP contribution in [0.25, 0.3) is 0 Å². The zero-order valence-electron chi connectivity index (χ0n) is 14.1. The number of halogens is 2. The molecule has 2 N–H and O–H groups in total. The van der Waals surface area contributed by atoms with Gasteiger partial charge in [-0.15, -0.1) is 0 Å². The number of aryl methyl sites for hydroxylation is 1. The lowest BCUT2D eigenvalue weighted by Crippen LogP contribution is -2.16. The molecule has 1 amide bonds. The van der Waals surface area contributed by atoms with E-state index in [-0.39, 0.29) is 5.69 Å². The molecular formula is C20H17F2N3O. The highest BCUT2D eigenvalue weighted by atomic mass is 19.1. The van der Waals surface area contributed by atoms with Crippen molar-refractivity contribution in [2.24, 2.45) is 0 Å². The highest BCUT2D eigenvalue weighted by molar-refractivity contribution is 6.03. The van der Waals surface area contributed by atoms with E-state index in [0.29, 0.717) is 12.2 Å². The molecule has 0 unspecified atom stereocenters. The maximum Gasteiger partial charge on any atom is 0.274 e. The summed E-state index contributed by atoms with van der Waals surface area (Å²) in [6.45, 7) is 2.60. The van der Waals surface area contributed by atoms with Crippen molar-refractivity contribution >= 4 is 17.3 Å². The summed E-state index contributed by atoms with van der Waals surface area (Å²) >= 11 is 0. The topological polar surface area (TPSA) is 54.0 Å². The van der Waals surface area contributed by atoms with E-state index < -0.39 is 23.2 Å². The number of amides is 1. The van der Waals surface area contributed by atoms with E-state index in [4.69, 9.17) is 0 Å². The molecule has 0 spiro atoms. The van der Waals surface area contributed by atoms with Gasteiger partial charge in [-0.2, -0.15) is 0 Å². The fourth-order valence-corrected chi connectivity index (χ4v) is 2.47. The Morgan fingerprint density at radius 3 is 2.50 bits per heavy atom. The first kappa shape index (κ1) is 17.5. The van der Waals surface area contributed by atoms with E-state index in [2.05, 4.69) is 15.6 Å². The second-order valence-corrected chi connectivity index (χ2v) is 5.76. The number of anilines is 2. The fourth-order valence-electron chi connectivity index (χ4n) is 2.47. The number of pyridine rings is 1. The Balaban J connectivity index is 1.72. The SMILES string of the molecule is Cc1ccccc1CNc1ccnc(C(=O)Nc2c(F)cccc2F)c1. The number of carbonyl (C=O) groups is 1. The van der Waals surface area contributed by atoms with Crippen molar-refractivity contribution in [3.63, 3.8) is 0 Å². The van der Waals surface area contributed by atoms with Crippen LogP contribution in [0.4, 0.5) is 20.2 Å². The maximum atomic E-state index is 13.7. The number of benzene rings is 2. The van der Waals surface area contributed by atoms with E-state index in [0.717, 1.165) is 23.3 Å². The molecule has 0 aliphatic rings. The van der Waals surface area contributed by atoms with Crippen molar-refractivity contribution in [2.75, 3.05) is 10.6 Å². The van der Waals surface area contributed by atoms with Crippen LogP contribution in [0.15, 0.2) is 60.8 Å². The van der Waals surface area contributed by atoms with E-state index in [9.17, 15) is 13.6 Å². The average molecular weight is 353 g/mol. The standard InChI is InChI=1S/C20H17F2N3O/c1-13-5-2-3-6-14(13)12-24-15-9-10-23-18(11-15)20(26)25-19-16(21)7-4-8-17(19)22/h2-11H,12H2,1H3,(H,23,24)(H,25,26). The average Bonchev–Trinajstić information content (AvgIpc) is 2.64. The third kappa shape index (κ3) is 4.03. The third-order valence-corrected chi connectivity index (χ3v) is 3.94. The Morgan fingerprint density at radius 2 is 1.77 bits per heavy atom. The normalized spacial score (nSPS) is 10.4. The number of hydrogen-bond acceptors (Lipinski definition) is 3. The Labute approximate surface area is 149 Å². The van der Waals surface area contributed by atoms with Gasteiger partial charge in [-0.25, -0.2) is 8.78 Å². The smallest absolute Gasteiger partial charge is 0.274 e. The van der Waals surface area contributed by atoms with Gasteiger partial charge in [0, 0.05) is 18.4 Å². The molecule has 0 aliphatic heterocycles. The lowest BCUT2D eigenvalue weighted by atomic mass is 10.1. The van der Waals surface area contributed by atoms with Gasteiger partial charge in [0.15, 0.2) is 0 Å². The second-order valence-electron chi connectivity index (χ2n) is 5.76. The number of hydrogen-bond donors (Lipinski definition) is 2. The van der Waals surface area contributed by atoms with Gasteiger partial charge < -0.3 is 10.6 Å². The predicted octanol–water partition coefficient (Wildman–Crippen LogP) is 4.53. The molecule has 0 bridgehead atoms. The molecule has 0 saturated heterocycles. The molecule has 0 aliphatic carbocycles. The molecule has 0 radical (unpaired) electrons. The van der Waals surface area contributed by atoms with Gasteiger partial charge in [-0.1, -0.05) is 30.3 Å². The van der Waals surface area contributed by atoms with Crippen molar-refractivity contribution in [1.82, 2.24) is 4.98 Å². The lowest BCUT2D eigenvalue weighted by Gasteiger charge is -2.10. The van der Waals surface area contributed by atoms with Gasteiger partial charge in [0.25, 0.3) is 5.91 Å². The van der Waals surface area contributed by atoms with E-state index in [1.807, 2.05) is 31.2 Å². The summed E-state index contributed by atoms with van der Waals surface area (Å²) in [6.07, 6.45) is 1.47. The summed E-state index contributed by atoms with van der Waals surface area (Å²) in [6, 6.07) is 14.6. The minimum atomic E-state index is -0.841. The van der Waals surface area contributed by atoms with Crippen LogP contribution >= 0.6 is 0 Å². The molecule has 0 saturated carbocycles. The maximum absolute atomic E-state index is 13.7. The minimum absolute atomic E-state index is 0.0578. The van der Waals surface area contributed by atoms with Crippen LogP contribution in [0, 0.1) is 18.6 Å². The first-order valence-corrected chi connectivity index (χ1v) is 8.04. The molecule has 0 fully saturated rings. The van der Waals surface area contributed by atoms with Crippen molar-refractivity contribution in [3.05, 3.63) is 89.2 Å². The highest BCUT2D eigenvalue weighted by Crippen LogP contribution is 2.19. The molecule has 1 heterocycles. The Hall–Kier alpha value is -3.28. The second kappa shape index (κ2) is 7.74. The van der Waals surface area contributed by atoms with Gasteiger partial charge in [-0.05, 0) is 42.3 Å². The summed E-state index contributed by atoms with van der Waals surface area (Å²) in [4.78, 5) is 16.2. The highest BCUT2D eigenvalue weighted by Gasteiger charge is 2.14. The third-order valence-electron chi connectivity index (χ3n) is 3.94. The summed E-state index contributed by atoms with van der Waals surface area (Å²) in [5.74, 6) is -2.37. The molecule has 1 aromatic heterocycles. The summed E-state index contributed by atoms with van der Waals surface area (Å²) in [5.41, 5.74) is 2.54. The first-order valence-electron chi connectivity index (χ1n) is 8.04. The van der Waals surface area contributed by atoms with Crippen LogP contribution in [-0.4, -0.2) is 10.9 Å². The molecule has 132 valence electrons. The molecule has 4 nitrogen and oxygen atoms in total. The summed E-state index contributed by atoms with van der Waals surface area (Å²) < 4.78 is 27.3. The van der Waals surface area contributed by atoms with Crippen molar-refractivity contribution in [2.45, 2.75) is 13.5 Å². The number of aromatic nitrogens is 1. The lowest BCUT2D eigenvalue weighted by molar-refractivity contribution is 0.102. The predicted molar refractivity (Wildman–Crippen MR) is 97.1 cm³/mol. The molecule has 2 aromatic carbocycles. The van der Waals surface area contributed by atoms with Crippen molar-refractivity contribution < 1.29 is 13.6 Å². The minimum Gasteiger partial charge on any atom is -0.381 e. The molecule has 0 atom stereocenters. The van der Waals surface area contributed by atoms with Crippen LogP contribution in [0.1, 0.15) is 21.6 Å². The van der Waals surface area contributed by atoms with Crippen molar-refractivity contribution in [1.29, 1.82) is 0 Å². The molecule has 6 heteroatoms. The molecule has 3 rings (SSSR count). The number of para-hydroxylation sites is 1. The summed E-state index contributed by atoms with van der Waals surface area (Å²) in [5, 5.41) is 5.44. The molecular weight excluding hydrogens is 336 g/mol. The van der Waals surface area contributed by atoms with Gasteiger partial charge in [0.2, 0.25) is 0 Å². The van der Waals surface area contributed by atoms with E-state index in [1.54, 1.807) is 6.07 Å². The number of nitrogens with one attached hydrogen (secondary N) is 2. The molecule has 26 heavy (non-hydrogen) atoms. The quantitative estimate of drug-likeness (QED) is 0.708. The van der Waals surface area contributed by atoms with Gasteiger partial charge in [0.1, 0.15) is 23.0 Å². The number of nitrogens with zero attached hydrogens (tertiary/aromatic N) is 1. The first-order chi connectivity index (χ1) is 12.5. The van der Waals surface area contributed by atoms with Crippen molar-refractivity contribution in [3.8, 4) is 0 Å². The number of carbonyl (C=O) groups excluding carboxylic acids is 1. The van der Waals surface area contributed by atoms with Crippen LogP contribution in [-0.2, 0) is 6.54 Å². The zero-order chi connectivity index (χ0) is 18.5. The Bertz CT molecular complexity index is 924. The van der Waals surface area contributed by atoms with E-state index >= 15 is 0 Å². The van der Waals surface area contributed by atoms with Crippen LogP contribution in [0.2, 0.25) is 0 Å². The van der Waals surface area contributed by atoms with E-state index in [1.165, 1.54) is 18.3 Å². The van der Waals surface area contributed by atoms with Crippen LogP contribution < -0.4 is 10.6 Å². The van der Waals surface area contributed by atoms with Gasteiger partial charge in [0.05, 0.1) is 0 Å². The monoisotopic (exact) mass is 353 g/mol. The Morgan fingerprint density at radius 1 is 1.04 bits per heavy atom.